The van der Waals surface area contributed by atoms with Crippen molar-refractivity contribution in [1.82, 2.24) is 10.2 Å². The van der Waals surface area contributed by atoms with Crippen molar-refractivity contribution in [2.24, 2.45) is 4.99 Å². The second-order valence-corrected chi connectivity index (χ2v) is 5.67. The van der Waals surface area contributed by atoms with Gasteiger partial charge in [0, 0.05) is 39.5 Å². The molecule has 24 heavy (non-hydrogen) atoms. The van der Waals surface area contributed by atoms with E-state index < -0.39 is 0 Å². The van der Waals surface area contributed by atoms with Crippen molar-refractivity contribution in [3.05, 3.63) is 24.4 Å². The number of rotatable bonds is 7. The van der Waals surface area contributed by atoms with E-state index in [4.69, 9.17) is 10.5 Å². The van der Waals surface area contributed by atoms with Gasteiger partial charge < -0.3 is 30.9 Å². The number of nitrogens with zero attached hydrogens (tertiary/aromatic N) is 3. The molecule has 1 rings (SSSR count). The summed E-state index contributed by atoms with van der Waals surface area (Å²) >= 11 is 0. The highest BCUT2D eigenvalue weighted by molar-refractivity contribution is 5.96. The molecule has 0 aliphatic heterocycles. The molecule has 4 N–H and O–H groups in total. The number of nitrogens with one attached hydrogen (secondary N) is 2. The van der Waals surface area contributed by atoms with Crippen molar-refractivity contribution in [2.45, 2.75) is 6.92 Å². The molecule has 0 unspecified atom stereocenters. The zero-order valence-corrected chi connectivity index (χ0v) is 15.6. The minimum atomic E-state index is 0.611. The normalized spacial score (nSPS) is 11.9. The molecule has 0 amide bonds. The maximum atomic E-state index is 6.24. The van der Waals surface area contributed by atoms with E-state index in [1.54, 1.807) is 20.4 Å². The zero-order valence-electron chi connectivity index (χ0n) is 15.6. The molecule has 0 saturated heterocycles. The number of nitrogen functional groups attached to an aromatic ring is 1. The maximum absolute atomic E-state index is 6.24. The van der Waals surface area contributed by atoms with Crippen molar-refractivity contribution < 1.29 is 4.74 Å². The average molecular weight is 334 g/mol. The number of allylic oxidation sites excluding steroid dienone is 1. The van der Waals surface area contributed by atoms with Crippen LogP contribution in [0, 0.1) is 0 Å². The zero-order chi connectivity index (χ0) is 18.1. The summed E-state index contributed by atoms with van der Waals surface area (Å²) in [6, 6.07) is 3.80. The van der Waals surface area contributed by atoms with E-state index in [2.05, 4.69) is 25.4 Å². The molecule has 7 nitrogen and oxygen atoms in total. The largest absolute Gasteiger partial charge is 0.494 e. The van der Waals surface area contributed by atoms with Gasteiger partial charge >= 0.3 is 0 Å². The molecule has 0 heterocycles. The summed E-state index contributed by atoms with van der Waals surface area (Å²) in [6.45, 7) is 3.73. The van der Waals surface area contributed by atoms with Crippen molar-refractivity contribution in [3.63, 3.8) is 0 Å². The van der Waals surface area contributed by atoms with Gasteiger partial charge in [0.2, 0.25) is 0 Å². The van der Waals surface area contributed by atoms with Crippen LogP contribution in [0.15, 0.2) is 29.4 Å². The van der Waals surface area contributed by atoms with E-state index in [1.165, 1.54) is 0 Å². The second kappa shape index (κ2) is 9.67. The average Bonchev–Trinajstić information content (AvgIpc) is 2.56. The minimum Gasteiger partial charge on any atom is -0.494 e. The Bertz CT molecular complexity index is 583. The van der Waals surface area contributed by atoms with Gasteiger partial charge in [-0.15, -0.1) is 0 Å². The van der Waals surface area contributed by atoms with Gasteiger partial charge in [0.15, 0.2) is 5.96 Å². The summed E-state index contributed by atoms with van der Waals surface area (Å²) in [5.41, 5.74) is 8.63. The Kier molecular flexibility index (Phi) is 7.91. The van der Waals surface area contributed by atoms with Crippen LogP contribution in [0.4, 0.5) is 17.1 Å². The molecule has 0 aromatic heterocycles. The smallest absolute Gasteiger partial charge is 0.200 e. The highest BCUT2D eigenvalue weighted by Gasteiger charge is 2.13. The first kappa shape index (κ1) is 19.6. The van der Waals surface area contributed by atoms with E-state index in [1.807, 2.05) is 46.3 Å². The molecule has 1 aromatic carbocycles. The number of likely N-dealkylation sites (N-methyl/N-ethyl adjacent to an activating group) is 2. The SMILES string of the molecule is C/C=C\N=C(/NC)Nc1cc(N)c(N(C)CCN(C)C)cc1OC. The van der Waals surface area contributed by atoms with Crippen molar-refractivity contribution in [2.75, 3.05) is 64.3 Å². The lowest BCUT2D eigenvalue weighted by molar-refractivity contribution is 0.413. The molecule has 0 bridgehead atoms. The van der Waals surface area contributed by atoms with E-state index in [0.717, 1.165) is 24.5 Å². The van der Waals surface area contributed by atoms with Gasteiger partial charge in [0.25, 0.3) is 0 Å². The predicted octanol–water partition coefficient (Wildman–Crippen LogP) is 1.80. The standard InChI is InChI=1S/C17H30N6O/c1-7-8-20-17(19-2)21-14-11-13(18)15(12-16(14)24-6)23(5)10-9-22(3)4/h7-8,11-12H,9-10,18H2,1-6H3,(H2,19,20,21)/b8-7-. The Morgan fingerprint density at radius 2 is 2.00 bits per heavy atom. The first-order valence-electron chi connectivity index (χ1n) is 7.90. The van der Waals surface area contributed by atoms with E-state index >= 15 is 0 Å². The lowest BCUT2D eigenvalue weighted by Crippen LogP contribution is -2.29. The molecule has 0 aliphatic rings. The highest BCUT2D eigenvalue weighted by Crippen LogP contribution is 2.34. The summed E-state index contributed by atoms with van der Waals surface area (Å²) in [5, 5.41) is 6.20. The Labute approximate surface area is 145 Å². The molecule has 0 radical (unpaired) electrons. The van der Waals surface area contributed by atoms with Crippen LogP contribution in [-0.2, 0) is 0 Å². The van der Waals surface area contributed by atoms with E-state index in [0.29, 0.717) is 17.4 Å². The van der Waals surface area contributed by atoms with Crippen LogP contribution in [0.25, 0.3) is 0 Å². The van der Waals surface area contributed by atoms with Gasteiger partial charge in [-0.25, -0.2) is 4.99 Å². The number of nitrogens with two attached hydrogens (primary N) is 1. The minimum absolute atomic E-state index is 0.611. The number of ether oxygens (including phenoxy) is 1. The van der Waals surface area contributed by atoms with Crippen LogP contribution in [0.5, 0.6) is 5.75 Å². The van der Waals surface area contributed by atoms with Crippen molar-refractivity contribution >= 4 is 23.0 Å². The number of benzene rings is 1. The third-order valence-corrected chi connectivity index (χ3v) is 3.49. The first-order valence-corrected chi connectivity index (χ1v) is 7.90. The van der Waals surface area contributed by atoms with Crippen LogP contribution in [0.1, 0.15) is 6.92 Å². The number of anilines is 3. The molecule has 0 saturated carbocycles. The van der Waals surface area contributed by atoms with Crippen LogP contribution in [0.2, 0.25) is 0 Å². The van der Waals surface area contributed by atoms with Crippen molar-refractivity contribution in [3.8, 4) is 5.75 Å². The van der Waals surface area contributed by atoms with Crippen LogP contribution in [0.3, 0.4) is 0 Å². The molecular formula is C17H30N6O. The van der Waals surface area contributed by atoms with Gasteiger partial charge in [-0.2, -0.15) is 0 Å². The highest BCUT2D eigenvalue weighted by atomic mass is 16.5. The molecule has 0 fully saturated rings. The predicted molar refractivity (Wildman–Crippen MR) is 104 cm³/mol. The third kappa shape index (κ3) is 5.66. The fraction of sp³-hybridized carbons (Fsp3) is 0.471. The number of methoxy groups -OCH3 is 1. The molecule has 0 aliphatic carbocycles. The Morgan fingerprint density at radius 1 is 1.29 bits per heavy atom. The summed E-state index contributed by atoms with van der Waals surface area (Å²) in [6.07, 6.45) is 3.56. The lowest BCUT2D eigenvalue weighted by atomic mass is 10.2. The molecule has 0 spiro atoms. The summed E-state index contributed by atoms with van der Waals surface area (Å²) < 4.78 is 5.51. The Balaban J connectivity index is 3.06. The van der Waals surface area contributed by atoms with Crippen LogP contribution in [-0.4, -0.2) is 59.2 Å². The fourth-order valence-corrected chi connectivity index (χ4v) is 2.09. The monoisotopic (exact) mass is 334 g/mol. The van der Waals surface area contributed by atoms with Crippen LogP contribution >= 0.6 is 0 Å². The van der Waals surface area contributed by atoms with Crippen LogP contribution < -0.4 is 26.0 Å². The first-order chi connectivity index (χ1) is 11.4. The van der Waals surface area contributed by atoms with Gasteiger partial charge in [0.1, 0.15) is 5.75 Å². The molecule has 7 heteroatoms. The number of hydrogen-bond acceptors (Lipinski definition) is 5. The Hall–Kier alpha value is -2.41. The molecule has 0 atom stereocenters. The van der Waals surface area contributed by atoms with Gasteiger partial charge in [-0.3, -0.25) is 0 Å². The maximum Gasteiger partial charge on any atom is 0.200 e. The Morgan fingerprint density at radius 3 is 2.54 bits per heavy atom. The third-order valence-electron chi connectivity index (χ3n) is 3.49. The molecule has 1 aromatic rings. The fourth-order valence-electron chi connectivity index (χ4n) is 2.09. The van der Waals surface area contributed by atoms with Crippen molar-refractivity contribution in [1.29, 1.82) is 0 Å². The molecule has 134 valence electrons. The second-order valence-electron chi connectivity index (χ2n) is 5.67. The number of aliphatic imine (C=N–C) groups is 1. The summed E-state index contributed by atoms with van der Waals surface area (Å²) in [5.74, 6) is 1.32. The van der Waals surface area contributed by atoms with Gasteiger partial charge in [-0.05, 0) is 27.1 Å². The lowest BCUT2D eigenvalue weighted by Gasteiger charge is -2.24. The number of hydrogen-bond donors (Lipinski definition) is 3. The number of guanidine groups is 1. The summed E-state index contributed by atoms with van der Waals surface area (Å²) in [7, 11) is 9.56. The van der Waals surface area contributed by atoms with E-state index in [-0.39, 0.29) is 0 Å². The van der Waals surface area contributed by atoms with Gasteiger partial charge in [-0.1, -0.05) is 6.08 Å². The summed E-state index contributed by atoms with van der Waals surface area (Å²) in [4.78, 5) is 8.52. The van der Waals surface area contributed by atoms with Gasteiger partial charge in [0.05, 0.1) is 24.2 Å². The van der Waals surface area contributed by atoms with E-state index in [9.17, 15) is 0 Å². The molecular weight excluding hydrogens is 304 g/mol. The quantitative estimate of drug-likeness (QED) is 0.401. The topological polar surface area (TPSA) is 78.1 Å².